The molecule has 92 valence electrons. The molecule has 0 saturated carbocycles. The largest absolute Gasteiger partial charge is 0.299 e. The Kier molecular flexibility index (Phi) is 3.33. The normalized spacial score (nSPS) is 11.6. The Bertz CT molecular complexity index is 595. The molecular weight excluding hydrogens is 232 g/mol. The summed E-state index contributed by atoms with van der Waals surface area (Å²) in [5.74, 6) is 0.600. The first-order chi connectivity index (χ1) is 8.00. The topological polar surface area (TPSA) is 34.9 Å². The molecule has 2 aromatic heterocycles. The summed E-state index contributed by atoms with van der Waals surface area (Å²) in [5, 5.41) is 0.804. The molecule has 0 saturated heterocycles. The second kappa shape index (κ2) is 4.61. The van der Waals surface area contributed by atoms with Crippen LogP contribution in [0.3, 0.4) is 0 Å². The van der Waals surface area contributed by atoms with Crippen molar-refractivity contribution in [2.75, 3.05) is 0 Å². The molecule has 2 heterocycles. The van der Waals surface area contributed by atoms with Crippen LogP contribution < -0.4 is 5.56 Å². The molecule has 0 radical (unpaired) electrons. The van der Waals surface area contributed by atoms with Gasteiger partial charge in [-0.3, -0.25) is 9.36 Å². The minimum Gasteiger partial charge on any atom is -0.299 e. The average Bonchev–Trinajstić information content (AvgIpc) is 2.54. The number of thiophene rings is 1. The van der Waals surface area contributed by atoms with Crippen molar-refractivity contribution in [3.63, 3.8) is 0 Å². The fourth-order valence-corrected chi connectivity index (χ4v) is 2.81. The molecule has 0 atom stereocenters. The molecule has 0 unspecified atom stereocenters. The second-order valence-corrected chi connectivity index (χ2v) is 6.09. The highest BCUT2D eigenvalue weighted by Gasteiger charge is 2.11. The maximum absolute atomic E-state index is 12.3. The van der Waals surface area contributed by atoms with E-state index >= 15 is 0 Å². The van der Waals surface area contributed by atoms with Crippen LogP contribution in [0.5, 0.6) is 0 Å². The van der Waals surface area contributed by atoms with Gasteiger partial charge < -0.3 is 0 Å². The fourth-order valence-electron chi connectivity index (χ4n) is 1.83. The predicted molar refractivity (Wildman–Crippen MR) is 72.8 cm³/mol. The SMILES string of the molecule is Cc1sc2ncn(CCC(C)C)c(=O)c2c1C. The van der Waals surface area contributed by atoms with Gasteiger partial charge in [0.25, 0.3) is 5.56 Å². The van der Waals surface area contributed by atoms with Gasteiger partial charge in [-0.05, 0) is 31.7 Å². The van der Waals surface area contributed by atoms with Gasteiger partial charge in [-0.1, -0.05) is 13.8 Å². The quantitative estimate of drug-likeness (QED) is 0.839. The Labute approximate surface area is 105 Å². The third-order valence-electron chi connectivity index (χ3n) is 3.10. The van der Waals surface area contributed by atoms with E-state index in [-0.39, 0.29) is 5.56 Å². The van der Waals surface area contributed by atoms with E-state index in [4.69, 9.17) is 0 Å². The summed E-state index contributed by atoms with van der Waals surface area (Å²) in [7, 11) is 0. The highest BCUT2D eigenvalue weighted by Crippen LogP contribution is 2.25. The minimum absolute atomic E-state index is 0.109. The standard InChI is InChI=1S/C13H18N2OS/c1-8(2)5-6-15-7-14-12-11(13(15)16)9(3)10(4)17-12/h7-8H,5-6H2,1-4H3. The van der Waals surface area contributed by atoms with Gasteiger partial charge >= 0.3 is 0 Å². The van der Waals surface area contributed by atoms with E-state index in [0.717, 1.165) is 28.7 Å². The van der Waals surface area contributed by atoms with E-state index in [1.165, 1.54) is 4.88 Å². The average molecular weight is 250 g/mol. The molecule has 0 fully saturated rings. The maximum Gasteiger partial charge on any atom is 0.262 e. The molecular formula is C13H18N2OS. The number of aromatic nitrogens is 2. The van der Waals surface area contributed by atoms with Gasteiger partial charge in [-0.25, -0.2) is 4.98 Å². The van der Waals surface area contributed by atoms with Crippen LogP contribution in [-0.4, -0.2) is 9.55 Å². The van der Waals surface area contributed by atoms with Crippen LogP contribution in [0.2, 0.25) is 0 Å². The maximum atomic E-state index is 12.3. The molecule has 2 aromatic rings. The molecule has 2 rings (SSSR count). The summed E-state index contributed by atoms with van der Waals surface area (Å²) in [5.41, 5.74) is 1.19. The molecule has 3 nitrogen and oxygen atoms in total. The smallest absolute Gasteiger partial charge is 0.262 e. The third-order valence-corrected chi connectivity index (χ3v) is 4.22. The molecule has 0 bridgehead atoms. The third kappa shape index (κ3) is 2.27. The lowest BCUT2D eigenvalue weighted by molar-refractivity contribution is 0.506. The van der Waals surface area contributed by atoms with E-state index < -0.39 is 0 Å². The van der Waals surface area contributed by atoms with Gasteiger partial charge in [0, 0.05) is 11.4 Å². The highest BCUT2D eigenvalue weighted by molar-refractivity contribution is 7.18. The fraction of sp³-hybridized carbons (Fsp3) is 0.538. The van der Waals surface area contributed by atoms with Crippen LogP contribution in [0.4, 0.5) is 0 Å². The number of nitrogens with zero attached hydrogens (tertiary/aromatic N) is 2. The zero-order chi connectivity index (χ0) is 12.6. The summed E-state index contributed by atoms with van der Waals surface area (Å²) in [6.45, 7) is 9.13. The molecule has 0 aliphatic heterocycles. The zero-order valence-corrected chi connectivity index (χ0v) is 11.6. The molecule has 17 heavy (non-hydrogen) atoms. The molecule has 0 spiro atoms. The Hall–Kier alpha value is -1.16. The first-order valence-corrected chi connectivity index (χ1v) is 6.77. The number of rotatable bonds is 3. The molecule has 0 aliphatic rings. The molecule has 0 aliphatic carbocycles. The first kappa shape index (κ1) is 12.3. The van der Waals surface area contributed by atoms with Crippen LogP contribution in [0.1, 0.15) is 30.7 Å². The Morgan fingerprint density at radius 3 is 2.76 bits per heavy atom. The van der Waals surface area contributed by atoms with Crippen molar-refractivity contribution >= 4 is 21.6 Å². The molecule has 4 heteroatoms. The molecule has 0 amide bonds. The van der Waals surface area contributed by atoms with Crippen LogP contribution >= 0.6 is 11.3 Å². The van der Waals surface area contributed by atoms with Crippen LogP contribution in [0.15, 0.2) is 11.1 Å². The van der Waals surface area contributed by atoms with Crippen molar-refractivity contribution in [1.29, 1.82) is 0 Å². The van der Waals surface area contributed by atoms with Crippen molar-refractivity contribution < 1.29 is 0 Å². The van der Waals surface area contributed by atoms with Gasteiger partial charge in [0.15, 0.2) is 0 Å². The second-order valence-electron chi connectivity index (χ2n) is 4.89. The molecule has 0 N–H and O–H groups in total. The zero-order valence-electron chi connectivity index (χ0n) is 10.8. The summed E-state index contributed by atoms with van der Waals surface area (Å²) < 4.78 is 1.74. The van der Waals surface area contributed by atoms with Crippen molar-refractivity contribution in [2.24, 2.45) is 5.92 Å². The summed E-state index contributed by atoms with van der Waals surface area (Å²) in [6.07, 6.45) is 2.69. The highest BCUT2D eigenvalue weighted by atomic mass is 32.1. The summed E-state index contributed by atoms with van der Waals surface area (Å²) in [6, 6.07) is 0. The number of aryl methyl sites for hydroxylation is 3. The van der Waals surface area contributed by atoms with Crippen molar-refractivity contribution in [1.82, 2.24) is 9.55 Å². The monoisotopic (exact) mass is 250 g/mol. The lowest BCUT2D eigenvalue weighted by Crippen LogP contribution is -2.21. The van der Waals surface area contributed by atoms with Gasteiger partial charge in [0.1, 0.15) is 4.83 Å². The van der Waals surface area contributed by atoms with Gasteiger partial charge in [0.05, 0.1) is 11.7 Å². The first-order valence-electron chi connectivity index (χ1n) is 5.96. The van der Waals surface area contributed by atoms with Gasteiger partial charge in [-0.2, -0.15) is 0 Å². The lowest BCUT2D eigenvalue weighted by Gasteiger charge is -2.07. The summed E-state index contributed by atoms with van der Waals surface area (Å²) >= 11 is 1.60. The number of hydrogen-bond acceptors (Lipinski definition) is 3. The Balaban J connectivity index is 2.50. The molecule has 0 aromatic carbocycles. The van der Waals surface area contributed by atoms with E-state index in [1.54, 1.807) is 22.2 Å². The van der Waals surface area contributed by atoms with E-state index in [0.29, 0.717) is 5.92 Å². The number of hydrogen-bond donors (Lipinski definition) is 0. The Morgan fingerprint density at radius 2 is 2.12 bits per heavy atom. The lowest BCUT2D eigenvalue weighted by atomic mass is 10.1. The number of fused-ring (bicyclic) bond motifs is 1. The van der Waals surface area contributed by atoms with Crippen molar-refractivity contribution in [3.8, 4) is 0 Å². The van der Waals surface area contributed by atoms with E-state index in [2.05, 4.69) is 18.8 Å². The van der Waals surface area contributed by atoms with E-state index in [1.807, 2.05) is 13.8 Å². The van der Waals surface area contributed by atoms with Crippen molar-refractivity contribution in [3.05, 3.63) is 27.1 Å². The van der Waals surface area contributed by atoms with Crippen LogP contribution in [0.25, 0.3) is 10.2 Å². The van der Waals surface area contributed by atoms with Gasteiger partial charge in [-0.15, -0.1) is 11.3 Å². The minimum atomic E-state index is 0.109. The van der Waals surface area contributed by atoms with Crippen LogP contribution in [0, 0.1) is 19.8 Å². The van der Waals surface area contributed by atoms with E-state index in [9.17, 15) is 4.79 Å². The Morgan fingerprint density at radius 1 is 1.41 bits per heavy atom. The predicted octanol–water partition coefficient (Wildman–Crippen LogP) is 3.12. The van der Waals surface area contributed by atoms with Gasteiger partial charge in [0.2, 0.25) is 0 Å². The van der Waals surface area contributed by atoms with Crippen LogP contribution in [-0.2, 0) is 6.54 Å². The summed E-state index contributed by atoms with van der Waals surface area (Å²) in [4.78, 5) is 18.7. The van der Waals surface area contributed by atoms with Crippen molar-refractivity contribution in [2.45, 2.75) is 40.7 Å².